The number of unbranched alkanes of at least 4 members (excludes halogenated alkanes) is 10. The third-order valence-corrected chi connectivity index (χ3v) is 5.14. The van der Waals surface area contributed by atoms with Crippen LogP contribution in [-0.4, -0.2) is 33.5 Å². The first kappa shape index (κ1) is 25.8. The van der Waals surface area contributed by atoms with Gasteiger partial charge in [0.25, 0.3) is 0 Å². The van der Waals surface area contributed by atoms with E-state index in [0.29, 0.717) is 29.2 Å². The van der Waals surface area contributed by atoms with Crippen LogP contribution in [0.1, 0.15) is 89.5 Å². The Bertz CT molecular complexity index is 632. The standard InChI is InChI=1S/C24H40N2O4/c1-5-6-7-8-9-10-11-12-13-14-15-16-24(27)26-25-19-20-17-22(29-3)23(30-4)18-21(20)28-2/h17-19H,5-16H2,1-4H3,(H,26,27)/b25-19-. The summed E-state index contributed by atoms with van der Waals surface area (Å²) in [4.78, 5) is 12.0. The van der Waals surface area contributed by atoms with Gasteiger partial charge >= 0.3 is 0 Å². The molecule has 0 radical (unpaired) electrons. The zero-order valence-electron chi connectivity index (χ0n) is 19.3. The number of nitrogens with one attached hydrogen (secondary N) is 1. The van der Waals surface area contributed by atoms with Crippen LogP contribution in [0.5, 0.6) is 17.2 Å². The number of ether oxygens (including phenoxy) is 3. The van der Waals surface area contributed by atoms with Crippen molar-refractivity contribution in [3.05, 3.63) is 17.7 Å². The molecule has 0 saturated carbocycles. The van der Waals surface area contributed by atoms with Gasteiger partial charge in [-0.15, -0.1) is 0 Å². The van der Waals surface area contributed by atoms with E-state index < -0.39 is 0 Å². The number of hydrogen-bond donors (Lipinski definition) is 1. The van der Waals surface area contributed by atoms with Crippen LogP contribution in [0.15, 0.2) is 17.2 Å². The van der Waals surface area contributed by atoms with Crippen molar-refractivity contribution >= 4 is 12.1 Å². The average molecular weight is 421 g/mol. The summed E-state index contributed by atoms with van der Waals surface area (Å²) in [5, 5.41) is 4.05. The smallest absolute Gasteiger partial charge is 0.240 e. The molecule has 6 nitrogen and oxygen atoms in total. The van der Waals surface area contributed by atoms with Crippen molar-refractivity contribution < 1.29 is 19.0 Å². The van der Waals surface area contributed by atoms with Crippen molar-refractivity contribution in [2.75, 3.05) is 21.3 Å². The molecule has 0 spiro atoms. The first-order valence-electron chi connectivity index (χ1n) is 11.3. The molecule has 0 atom stereocenters. The zero-order valence-corrected chi connectivity index (χ0v) is 19.3. The van der Waals surface area contributed by atoms with Crippen LogP contribution in [0.4, 0.5) is 0 Å². The number of benzene rings is 1. The fourth-order valence-electron chi connectivity index (χ4n) is 3.33. The lowest BCUT2D eigenvalue weighted by Gasteiger charge is -2.11. The third-order valence-electron chi connectivity index (χ3n) is 5.14. The summed E-state index contributed by atoms with van der Waals surface area (Å²) >= 11 is 0. The lowest BCUT2D eigenvalue weighted by atomic mass is 10.1. The van der Waals surface area contributed by atoms with Gasteiger partial charge in [0.15, 0.2) is 11.5 Å². The maximum absolute atomic E-state index is 12.0. The van der Waals surface area contributed by atoms with Crippen molar-refractivity contribution in [1.82, 2.24) is 5.43 Å². The van der Waals surface area contributed by atoms with Gasteiger partial charge in [0.2, 0.25) is 5.91 Å². The molecular formula is C24H40N2O4. The van der Waals surface area contributed by atoms with Crippen LogP contribution >= 0.6 is 0 Å². The second-order valence-corrected chi connectivity index (χ2v) is 7.53. The fraction of sp³-hybridized carbons (Fsp3) is 0.667. The summed E-state index contributed by atoms with van der Waals surface area (Å²) in [5.74, 6) is 1.68. The minimum Gasteiger partial charge on any atom is -0.496 e. The number of amides is 1. The molecule has 0 aliphatic heterocycles. The number of methoxy groups -OCH3 is 3. The quantitative estimate of drug-likeness (QED) is 0.195. The van der Waals surface area contributed by atoms with Gasteiger partial charge in [0.1, 0.15) is 5.75 Å². The highest BCUT2D eigenvalue weighted by atomic mass is 16.5. The SMILES string of the molecule is CCCCCCCCCCCCCC(=O)N/N=C\c1cc(OC)c(OC)cc1OC. The number of rotatable bonds is 17. The summed E-state index contributed by atoms with van der Waals surface area (Å²) < 4.78 is 15.9. The molecule has 0 aliphatic rings. The maximum Gasteiger partial charge on any atom is 0.240 e. The summed E-state index contributed by atoms with van der Waals surface area (Å²) in [6, 6.07) is 3.49. The number of carbonyl (C=O) groups is 1. The highest BCUT2D eigenvalue weighted by Crippen LogP contribution is 2.33. The Kier molecular flexibility index (Phi) is 14.2. The van der Waals surface area contributed by atoms with Gasteiger partial charge in [-0.3, -0.25) is 4.79 Å². The maximum atomic E-state index is 12.0. The molecule has 1 aromatic carbocycles. The number of carbonyl (C=O) groups excluding carboxylic acids is 1. The minimum absolute atomic E-state index is 0.0679. The number of hydrogen-bond acceptors (Lipinski definition) is 5. The Labute approximate surface area is 182 Å². The Hall–Kier alpha value is -2.24. The molecular weight excluding hydrogens is 380 g/mol. The topological polar surface area (TPSA) is 69.2 Å². The van der Waals surface area contributed by atoms with Gasteiger partial charge in [0, 0.05) is 18.1 Å². The molecule has 1 N–H and O–H groups in total. The van der Waals surface area contributed by atoms with E-state index in [1.165, 1.54) is 57.8 Å². The van der Waals surface area contributed by atoms with Crippen LogP contribution in [0.2, 0.25) is 0 Å². The second kappa shape index (κ2) is 16.5. The van der Waals surface area contributed by atoms with Gasteiger partial charge in [0.05, 0.1) is 27.5 Å². The lowest BCUT2D eigenvalue weighted by Crippen LogP contribution is -2.17. The molecule has 0 fully saturated rings. The molecule has 0 aliphatic carbocycles. The molecule has 170 valence electrons. The molecule has 0 bridgehead atoms. The Balaban J connectivity index is 2.22. The highest BCUT2D eigenvalue weighted by Gasteiger charge is 2.10. The van der Waals surface area contributed by atoms with E-state index in [-0.39, 0.29) is 5.91 Å². The summed E-state index contributed by atoms with van der Waals surface area (Å²) in [7, 11) is 4.71. The highest BCUT2D eigenvalue weighted by molar-refractivity contribution is 5.86. The number of hydrazone groups is 1. The van der Waals surface area contributed by atoms with Crippen LogP contribution in [0, 0.1) is 0 Å². The van der Waals surface area contributed by atoms with Gasteiger partial charge in [-0.2, -0.15) is 5.10 Å². The first-order chi connectivity index (χ1) is 14.7. The molecule has 1 rings (SSSR count). The Morgan fingerprint density at radius 1 is 0.800 bits per heavy atom. The van der Waals surface area contributed by atoms with E-state index in [9.17, 15) is 4.79 Å². The average Bonchev–Trinajstić information content (AvgIpc) is 2.76. The van der Waals surface area contributed by atoms with E-state index in [4.69, 9.17) is 14.2 Å². The molecule has 6 heteroatoms. The van der Waals surface area contributed by atoms with Crippen LogP contribution in [0.25, 0.3) is 0 Å². The van der Waals surface area contributed by atoms with E-state index in [1.54, 1.807) is 39.7 Å². The largest absolute Gasteiger partial charge is 0.496 e. The first-order valence-corrected chi connectivity index (χ1v) is 11.3. The van der Waals surface area contributed by atoms with Gasteiger partial charge in [-0.25, -0.2) is 5.43 Å². The predicted molar refractivity (Wildman–Crippen MR) is 123 cm³/mol. The fourth-order valence-corrected chi connectivity index (χ4v) is 3.33. The normalized spacial score (nSPS) is 10.9. The third kappa shape index (κ3) is 10.5. The lowest BCUT2D eigenvalue weighted by molar-refractivity contribution is -0.121. The number of nitrogens with zero attached hydrogens (tertiary/aromatic N) is 1. The van der Waals surface area contributed by atoms with Gasteiger partial charge in [-0.1, -0.05) is 71.1 Å². The molecule has 0 unspecified atom stereocenters. The van der Waals surface area contributed by atoms with E-state index >= 15 is 0 Å². The molecule has 0 saturated heterocycles. The van der Waals surface area contributed by atoms with Crippen LogP contribution < -0.4 is 19.6 Å². The van der Waals surface area contributed by atoms with E-state index in [1.807, 2.05) is 0 Å². The van der Waals surface area contributed by atoms with Gasteiger partial charge < -0.3 is 14.2 Å². The van der Waals surface area contributed by atoms with Crippen molar-refractivity contribution in [2.24, 2.45) is 5.10 Å². The van der Waals surface area contributed by atoms with E-state index in [0.717, 1.165) is 12.8 Å². The molecule has 0 aromatic heterocycles. The monoisotopic (exact) mass is 420 g/mol. The van der Waals surface area contributed by atoms with Crippen molar-refractivity contribution in [3.8, 4) is 17.2 Å². The Morgan fingerprint density at radius 3 is 1.83 bits per heavy atom. The van der Waals surface area contributed by atoms with Crippen LogP contribution in [-0.2, 0) is 4.79 Å². The Morgan fingerprint density at radius 2 is 1.30 bits per heavy atom. The molecule has 30 heavy (non-hydrogen) atoms. The second-order valence-electron chi connectivity index (χ2n) is 7.53. The van der Waals surface area contributed by atoms with Crippen LogP contribution in [0.3, 0.4) is 0 Å². The zero-order chi connectivity index (χ0) is 22.0. The molecule has 0 heterocycles. The van der Waals surface area contributed by atoms with Crippen molar-refractivity contribution in [2.45, 2.75) is 84.0 Å². The summed E-state index contributed by atoms with van der Waals surface area (Å²) in [6.45, 7) is 2.25. The van der Waals surface area contributed by atoms with Crippen molar-refractivity contribution in [1.29, 1.82) is 0 Å². The minimum atomic E-state index is -0.0679. The van der Waals surface area contributed by atoms with E-state index in [2.05, 4.69) is 17.5 Å². The van der Waals surface area contributed by atoms with Crippen molar-refractivity contribution in [3.63, 3.8) is 0 Å². The molecule has 1 aromatic rings. The van der Waals surface area contributed by atoms with Gasteiger partial charge in [-0.05, 0) is 12.5 Å². The summed E-state index contributed by atoms with van der Waals surface area (Å²) in [5.41, 5.74) is 3.29. The summed E-state index contributed by atoms with van der Waals surface area (Å²) in [6.07, 6.45) is 16.0. The predicted octanol–water partition coefficient (Wildman–Crippen LogP) is 5.86. The molecule has 1 amide bonds.